The third-order valence-electron chi connectivity index (χ3n) is 3.34. The molecule has 1 aliphatic heterocycles. The van der Waals surface area contributed by atoms with Crippen molar-refractivity contribution in [3.05, 3.63) is 81.4 Å². The van der Waals surface area contributed by atoms with Crippen LogP contribution in [0.2, 0.25) is 5.02 Å². The van der Waals surface area contributed by atoms with Gasteiger partial charge in [0.05, 0.1) is 11.8 Å². The van der Waals surface area contributed by atoms with E-state index < -0.39 is 5.56 Å². The van der Waals surface area contributed by atoms with Gasteiger partial charge in [0.1, 0.15) is 17.0 Å². The summed E-state index contributed by atoms with van der Waals surface area (Å²) in [7, 11) is 0. The number of carbonyl (C=O) groups excluding carboxylic acids is 1. The minimum Gasteiger partial charge on any atom is -0.462 e. The van der Waals surface area contributed by atoms with Crippen LogP contribution >= 0.6 is 11.6 Å². The van der Waals surface area contributed by atoms with Crippen molar-refractivity contribution in [3.8, 4) is 0 Å². The number of halogens is 1. The van der Waals surface area contributed by atoms with Crippen LogP contribution in [0.15, 0.2) is 65.3 Å². The molecule has 1 N–H and O–H groups in total. The molecular formula is C16H13ClN2O3. The van der Waals surface area contributed by atoms with Crippen LogP contribution in [-0.4, -0.2) is 15.8 Å². The SMILES string of the molecule is O=C(c1c[nH]c(=O)c(Cl)c1)N1C=COC(C2=CC=CCC2)=C1. The quantitative estimate of drug-likeness (QED) is 0.912. The Labute approximate surface area is 131 Å². The summed E-state index contributed by atoms with van der Waals surface area (Å²) >= 11 is 5.76. The highest BCUT2D eigenvalue weighted by molar-refractivity contribution is 6.30. The number of nitrogens with zero attached hydrogens (tertiary/aromatic N) is 1. The number of nitrogens with one attached hydrogen (secondary N) is 1. The number of rotatable bonds is 2. The van der Waals surface area contributed by atoms with Gasteiger partial charge >= 0.3 is 0 Å². The normalized spacial score (nSPS) is 16.9. The first-order valence-corrected chi connectivity index (χ1v) is 7.15. The zero-order chi connectivity index (χ0) is 15.5. The van der Waals surface area contributed by atoms with Crippen LogP contribution in [-0.2, 0) is 4.74 Å². The maximum absolute atomic E-state index is 12.5. The lowest BCUT2D eigenvalue weighted by atomic mass is 10.0. The van der Waals surface area contributed by atoms with Crippen molar-refractivity contribution >= 4 is 17.5 Å². The molecule has 1 aliphatic carbocycles. The molecule has 0 bridgehead atoms. The molecule has 1 amide bonds. The van der Waals surface area contributed by atoms with Gasteiger partial charge in [0, 0.05) is 12.4 Å². The number of pyridine rings is 1. The summed E-state index contributed by atoms with van der Waals surface area (Å²) in [5.41, 5.74) is 0.902. The van der Waals surface area contributed by atoms with E-state index in [-0.39, 0.29) is 10.9 Å². The van der Waals surface area contributed by atoms with Crippen LogP contribution in [0.5, 0.6) is 0 Å². The second-order valence-electron chi connectivity index (χ2n) is 4.83. The summed E-state index contributed by atoms with van der Waals surface area (Å²) in [4.78, 5) is 27.5. The van der Waals surface area contributed by atoms with Crippen molar-refractivity contribution in [1.29, 1.82) is 0 Å². The fourth-order valence-electron chi connectivity index (χ4n) is 2.19. The number of H-pyrrole nitrogens is 1. The molecule has 0 atom stereocenters. The van der Waals surface area contributed by atoms with Crippen LogP contribution in [0.25, 0.3) is 0 Å². The van der Waals surface area contributed by atoms with E-state index in [9.17, 15) is 9.59 Å². The molecule has 0 saturated carbocycles. The van der Waals surface area contributed by atoms with E-state index in [2.05, 4.69) is 11.1 Å². The number of hydrogen-bond donors (Lipinski definition) is 1. The van der Waals surface area contributed by atoms with Gasteiger partial charge in [-0.2, -0.15) is 0 Å². The van der Waals surface area contributed by atoms with Crippen molar-refractivity contribution in [3.63, 3.8) is 0 Å². The molecule has 0 spiro atoms. The fourth-order valence-corrected chi connectivity index (χ4v) is 2.36. The van der Waals surface area contributed by atoms with Crippen molar-refractivity contribution in [2.75, 3.05) is 0 Å². The Bertz CT molecular complexity index is 787. The molecule has 0 unspecified atom stereocenters. The smallest absolute Gasteiger partial charge is 0.266 e. The Kier molecular flexibility index (Phi) is 3.98. The Morgan fingerprint density at radius 3 is 3.00 bits per heavy atom. The lowest BCUT2D eigenvalue weighted by Gasteiger charge is -2.21. The minimum absolute atomic E-state index is 0.0209. The van der Waals surface area contributed by atoms with Gasteiger partial charge in [0.25, 0.3) is 11.5 Å². The first-order chi connectivity index (χ1) is 10.6. The highest BCUT2D eigenvalue weighted by atomic mass is 35.5. The number of hydrogen-bond acceptors (Lipinski definition) is 3. The standard InChI is InChI=1S/C16H13ClN2O3/c17-13-8-12(9-18-15(13)20)16(21)19-6-7-22-14(10-19)11-4-2-1-3-5-11/h1-2,4,6-10H,3,5H2,(H,18,20). The van der Waals surface area contributed by atoms with Gasteiger partial charge in [-0.25, -0.2) is 0 Å². The molecule has 5 nitrogen and oxygen atoms in total. The first kappa shape index (κ1) is 14.4. The van der Waals surface area contributed by atoms with Crippen molar-refractivity contribution in [2.24, 2.45) is 0 Å². The number of ether oxygens (including phenoxy) is 1. The average molecular weight is 317 g/mol. The van der Waals surface area contributed by atoms with E-state index in [1.165, 1.54) is 29.6 Å². The van der Waals surface area contributed by atoms with Crippen molar-refractivity contribution in [2.45, 2.75) is 12.8 Å². The van der Waals surface area contributed by atoms with E-state index in [0.717, 1.165) is 18.4 Å². The second kappa shape index (κ2) is 6.07. The van der Waals surface area contributed by atoms with Crippen molar-refractivity contribution < 1.29 is 9.53 Å². The van der Waals surface area contributed by atoms with Gasteiger partial charge in [0.2, 0.25) is 0 Å². The van der Waals surface area contributed by atoms with Crippen LogP contribution in [0.3, 0.4) is 0 Å². The minimum atomic E-state index is -0.425. The third-order valence-corrected chi connectivity index (χ3v) is 3.62. The zero-order valence-corrected chi connectivity index (χ0v) is 12.3. The molecule has 0 saturated heterocycles. The van der Waals surface area contributed by atoms with Crippen LogP contribution < -0.4 is 5.56 Å². The van der Waals surface area contributed by atoms with Gasteiger partial charge in [0.15, 0.2) is 0 Å². The van der Waals surface area contributed by atoms with E-state index in [1.54, 1.807) is 6.20 Å². The van der Waals surface area contributed by atoms with Gasteiger partial charge < -0.3 is 9.72 Å². The van der Waals surface area contributed by atoms with E-state index in [1.807, 2.05) is 12.2 Å². The molecule has 0 aromatic carbocycles. The summed E-state index contributed by atoms with van der Waals surface area (Å²) < 4.78 is 5.48. The Hall–Kier alpha value is -2.53. The maximum Gasteiger partial charge on any atom is 0.266 e. The predicted molar refractivity (Wildman–Crippen MR) is 83.0 cm³/mol. The fraction of sp³-hybridized carbons (Fsp3) is 0.125. The largest absolute Gasteiger partial charge is 0.462 e. The molecule has 1 aromatic rings. The Morgan fingerprint density at radius 1 is 1.41 bits per heavy atom. The monoisotopic (exact) mass is 316 g/mol. The molecule has 1 aromatic heterocycles. The summed E-state index contributed by atoms with van der Waals surface area (Å²) in [6.07, 6.45) is 13.8. The van der Waals surface area contributed by atoms with E-state index in [0.29, 0.717) is 11.3 Å². The average Bonchev–Trinajstić information content (AvgIpc) is 2.57. The van der Waals surface area contributed by atoms with Gasteiger partial charge in [-0.15, -0.1) is 0 Å². The Morgan fingerprint density at radius 2 is 2.27 bits per heavy atom. The summed E-state index contributed by atoms with van der Waals surface area (Å²) in [5.74, 6) is 0.331. The highest BCUT2D eigenvalue weighted by Gasteiger charge is 2.19. The van der Waals surface area contributed by atoms with Gasteiger partial charge in [-0.05, 0) is 24.5 Å². The van der Waals surface area contributed by atoms with E-state index >= 15 is 0 Å². The molecule has 2 heterocycles. The highest BCUT2D eigenvalue weighted by Crippen LogP contribution is 2.25. The molecule has 22 heavy (non-hydrogen) atoms. The molecule has 112 valence electrons. The lowest BCUT2D eigenvalue weighted by Crippen LogP contribution is -2.24. The number of amides is 1. The van der Waals surface area contributed by atoms with Crippen LogP contribution in [0.4, 0.5) is 0 Å². The van der Waals surface area contributed by atoms with Crippen LogP contribution in [0.1, 0.15) is 23.2 Å². The zero-order valence-electron chi connectivity index (χ0n) is 11.6. The van der Waals surface area contributed by atoms with Crippen LogP contribution in [0, 0.1) is 0 Å². The number of carbonyl (C=O) groups is 1. The third kappa shape index (κ3) is 2.89. The molecule has 3 rings (SSSR count). The molecule has 0 fully saturated rings. The summed E-state index contributed by atoms with van der Waals surface area (Å²) in [6, 6.07) is 1.35. The first-order valence-electron chi connectivity index (χ1n) is 6.77. The molecule has 0 radical (unpaired) electrons. The van der Waals surface area contributed by atoms with E-state index in [4.69, 9.17) is 16.3 Å². The second-order valence-corrected chi connectivity index (χ2v) is 5.24. The number of allylic oxidation sites excluding steroid dienone is 4. The summed E-state index contributed by atoms with van der Waals surface area (Å²) in [6.45, 7) is 0. The molecular weight excluding hydrogens is 304 g/mol. The molecule has 6 heteroatoms. The summed E-state index contributed by atoms with van der Waals surface area (Å²) in [5, 5.41) is -0.0209. The predicted octanol–water partition coefficient (Wildman–Crippen LogP) is 3.09. The Balaban J connectivity index is 1.87. The molecule has 2 aliphatic rings. The lowest BCUT2D eigenvalue weighted by molar-refractivity contribution is 0.0855. The number of aromatic nitrogens is 1. The number of aromatic amines is 1. The topological polar surface area (TPSA) is 62.4 Å². The maximum atomic E-state index is 12.5. The van der Waals surface area contributed by atoms with Gasteiger partial charge in [-0.1, -0.05) is 29.8 Å². The van der Waals surface area contributed by atoms with Crippen molar-refractivity contribution in [1.82, 2.24) is 9.88 Å². The van der Waals surface area contributed by atoms with Gasteiger partial charge in [-0.3, -0.25) is 14.5 Å².